The van der Waals surface area contributed by atoms with Gasteiger partial charge in [-0.2, -0.15) is 13.2 Å². The van der Waals surface area contributed by atoms with E-state index in [0.717, 1.165) is 0 Å². The number of halogens is 6. The maximum absolute atomic E-state index is 12.8. The summed E-state index contributed by atoms with van der Waals surface area (Å²) in [7, 11) is 1.50. The Bertz CT molecular complexity index is 864. The van der Waals surface area contributed by atoms with Crippen molar-refractivity contribution in [1.29, 1.82) is 0 Å². The van der Waals surface area contributed by atoms with Crippen molar-refractivity contribution in [3.05, 3.63) is 49.4 Å². The Hall–Kier alpha value is -1.48. The summed E-state index contributed by atoms with van der Waals surface area (Å²) >= 11 is 17.8. The van der Waals surface area contributed by atoms with E-state index < -0.39 is 17.3 Å². The molecular formula is C16H15Cl3F3N3O2. The summed E-state index contributed by atoms with van der Waals surface area (Å²) in [6.07, 6.45) is -2.67. The zero-order valence-electron chi connectivity index (χ0n) is 14.2. The van der Waals surface area contributed by atoms with Crippen molar-refractivity contribution < 1.29 is 17.9 Å². The highest BCUT2D eigenvalue weighted by molar-refractivity contribution is 6.39. The van der Waals surface area contributed by atoms with Gasteiger partial charge in [-0.25, -0.2) is 4.98 Å². The van der Waals surface area contributed by atoms with Crippen LogP contribution in [0.4, 0.5) is 24.7 Å². The summed E-state index contributed by atoms with van der Waals surface area (Å²) in [6, 6.07) is 1.11. The van der Waals surface area contributed by atoms with Gasteiger partial charge in [0, 0.05) is 13.3 Å². The van der Waals surface area contributed by atoms with E-state index in [1.54, 1.807) is 0 Å². The van der Waals surface area contributed by atoms with Gasteiger partial charge >= 0.3 is 6.18 Å². The second-order valence-corrected chi connectivity index (χ2v) is 6.78. The van der Waals surface area contributed by atoms with Crippen molar-refractivity contribution in [3.8, 4) is 0 Å². The largest absolute Gasteiger partial charge is 0.416 e. The number of hydrogen-bond donors (Lipinski definition) is 1. The van der Waals surface area contributed by atoms with Crippen LogP contribution in [0.1, 0.15) is 24.9 Å². The first-order valence-electron chi connectivity index (χ1n) is 7.69. The first kappa shape index (κ1) is 21.8. The quantitative estimate of drug-likeness (QED) is 0.633. The minimum absolute atomic E-state index is 0.00538. The lowest BCUT2D eigenvalue weighted by atomic mass is 10.2. The van der Waals surface area contributed by atoms with E-state index in [9.17, 15) is 18.0 Å². The third-order valence-electron chi connectivity index (χ3n) is 3.74. The van der Waals surface area contributed by atoms with E-state index in [4.69, 9.17) is 39.5 Å². The predicted octanol–water partition coefficient (Wildman–Crippen LogP) is 5.56. The molecule has 11 heteroatoms. The van der Waals surface area contributed by atoms with Crippen LogP contribution in [0.5, 0.6) is 0 Å². The lowest BCUT2D eigenvalue weighted by Gasteiger charge is -2.19. The van der Waals surface area contributed by atoms with Crippen LogP contribution in [-0.4, -0.2) is 23.3 Å². The van der Waals surface area contributed by atoms with Crippen molar-refractivity contribution in [3.63, 3.8) is 0 Å². The van der Waals surface area contributed by atoms with Gasteiger partial charge < -0.3 is 14.6 Å². The molecule has 0 saturated carbocycles. The third kappa shape index (κ3) is 5.07. The maximum atomic E-state index is 12.8. The van der Waals surface area contributed by atoms with Crippen molar-refractivity contribution >= 4 is 46.3 Å². The molecule has 27 heavy (non-hydrogen) atoms. The van der Waals surface area contributed by atoms with Gasteiger partial charge in [-0.15, -0.1) is 0 Å². The molecule has 1 aromatic heterocycles. The molecule has 1 aromatic carbocycles. The maximum Gasteiger partial charge on any atom is 0.416 e. The van der Waals surface area contributed by atoms with E-state index in [1.165, 1.54) is 17.9 Å². The predicted molar refractivity (Wildman–Crippen MR) is 99.5 cm³/mol. The minimum Gasteiger partial charge on any atom is -0.383 e. The third-order valence-corrected chi connectivity index (χ3v) is 4.52. The van der Waals surface area contributed by atoms with E-state index in [2.05, 4.69) is 10.3 Å². The van der Waals surface area contributed by atoms with Gasteiger partial charge in [0.25, 0.3) is 5.56 Å². The Morgan fingerprint density at radius 3 is 2.33 bits per heavy atom. The Morgan fingerprint density at radius 1 is 1.26 bits per heavy atom. The summed E-state index contributed by atoms with van der Waals surface area (Å²) in [5.74, 6) is -0.222. The number of hydrogen-bond acceptors (Lipinski definition) is 4. The lowest BCUT2D eigenvalue weighted by Crippen LogP contribution is -2.29. The zero-order chi connectivity index (χ0) is 20.4. The van der Waals surface area contributed by atoms with Gasteiger partial charge in [0.1, 0.15) is 5.15 Å². The Labute approximate surface area is 168 Å². The lowest BCUT2D eigenvalue weighted by molar-refractivity contribution is -0.137. The van der Waals surface area contributed by atoms with E-state index in [-0.39, 0.29) is 39.4 Å². The van der Waals surface area contributed by atoms with Gasteiger partial charge in [-0.3, -0.25) is 4.79 Å². The average Bonchev–Trinajstić information content (AvgIpc) is 2.57. The molecule has 1 N–H and O–H groups in total. The van der Waals surface area contributed by atoms with Crippen LogP contribution < -0.4 is 10.9 Å². The molecule has 0 aliphatic heterocycles. The van der Waals surface area contributed by atoms with E-state index >= 15 is 0 Å². The zero-order valence-corrected chi connectivity index (χ0v) is 16.5. The van der Waals surface area contributed by atoms with Crippen molar-refractivity contribution in [2.24, 2.45) is 0 Å². The summed E-state index contributed by atoms with van der Waals surface area (Å²) in [6.45, 7) is 2.12. The topological polar surface area (TPSA) is 56.1 Å². The van der Waals surface area contributed by atoms with Crippen LogP contribution >= 0.6 is 34.8 Å². The van der Waals surface area contributed by atoms with Gasteiger partial charge in [-0.05, 0) is 18.6 Å². The fraction of sp³-hybridized carbons (Fsp3) is 0.375. The Balaban J connectivity index is 2.50. The summed E-state index contributed by atoms with van der Waals surface area (Å²) in [5.41, 5.74) is -1.63. The fourth-order valence-electron chi connectivity index (χ4n) is 2.39. The second-order valence-electron chi connectivity index (χ2n) is 5.58. The fourth-order valence-corrected chi connectivity index (χ4v) is 3.16. The first-order chi connectivity index (χ1) is 12.6. The molecule has 1 heterocycles. The number of rotatable bonds is 6. The molecule has 0 spiro atoms. The Kier molecular flexibility index (Phi) is 7.02. The number of aromatic nitrogens is 2. The van der Waals surface area contributed by atoms with Gasteiger partial charge in [0.05, 0.1) is 33.9 Å². The monoisotopic (exact) mass is 443 g/mol. The van der Waals surface area contributed by atoms with Crippen LogP contribution in [0.25, 0.3) is 0 Å². The van der Waals surface area contributed by atoms with Crippen molar-refractivity contribution in [1.82, 2.24) is 9.55 Å². The molecule has 148 valence electrons. The second kappa shape index (κ2) is 8.68. The number of benzene rings is 1. The molecule has 2 aromatic rings. The number of nitrogens with one attached hydrogen (secondary N) is 1. The molecule has 1 atom stereocenters. The normalized spacial score (nSPS) is 12.9. The number of nitrogens with zero attached hydrogens (tertiary/aromatic N) is 2. The molecule has 2 rings (SSSR count). The molecule has 0 aliphatic carbocycles. The number of alkyl halides is 3. The minimum atomic E-state index is -4.61. The van der Waals surface area contributed by atoms with Crippen molar-refractivity contribution in [2.45, 2.75) is 25.6 Å². The molecule has 0 unspecified atom stereocenters. The highest BCUT2D eigenvalue weighted by Crippen LogP contribution is 2.39. The van der Waals surface area contributed by atoms with Gasteiger partial charge in [0.15, 0.2) is 5.82 Å². The molecule has 0 amide bonds. The molecule has 0 saturated heterocycles. The molecule has 5 nitrogen and oxygen atoms in total. The van der Waals surface area contributed by atoms with E-state index in [1.807, 2.05) is 6.92 Å². The smallest absolute Gasteiger partial charge is 0.383 e. The van der Waals surface area contributed by atoms with Crippen LogP contribution in [0.15, 0.2) is 23.1 Å². The molecule has 0 bridgehead atoms. The number of anilines is 2. The SMILES string of the molecule is CC[C@H](COC)n1cc(Cl)nc(Nc2c(Cl)cc(C(F)(F)F)cc2Cl)c1=O. The van der Waals surface area contributed by atoms with Crippen LogP contribution in [0.3, 0.4) is 0 Å². The number of methoxy groups -OCH3 is 1. The van der Waals surface area contributed by atoms with Crippen LogP contribution in [0, 0.1) is 0 Å². The van der Waals surface area contributed by atoms with Crippen molar-refractivity contribution in [2.75, 3.05) is 19.0 Å². The molecule has 0 fully saturated rings. The van der Waals surface area contributed by atoms with Gasteiger partial charge in [-0.1, -0.05) is 41.7 Å². The highest BCUT2D eigenvalue weighted by atomic mass is 35.5. The van der Waals surface area contributed by atoms with Crippen LogP contribution in [-0.2, 0) is 10.9 Å². The van der Waals surface area contributed by atoms with Gasteiger partial charge in [0.2, 0.25) is 0 Å². The summed E-state index contributed by atoms with van der Waals surface area (Å²) in [5, 5.41) is 1.97. The average molecular weight is 445 g/mol. The number of ether oxygens (including phenoxy) is 1. The molecule has 0 radical (unpaired) electrons. The summed E-state index contributed by atoms with van der Waals surface area (Å²) < 4.78 is 45.0. The first-order valence-corrected chi connectivity index (χ1v) is 8.82. The highest BCUT2D eigenvalue weighted by Gasteiger charge is 2.32. The Morgan fingerprint density at radius 2 is 1.85 bits per heavy atom. The van der Waals surface area contributed by atoms with Crippen LogP contribution in [0.2, 0.25) is 15.2 Å². The van der Waals surface area contributed by atoms with E-state index in [0.29, 0.717) is 18.6 Å². The molecular weight excluding hydrogens is 430 g/mol. The summed E-state index contributed by atoms with van der Waals surface area (Å²) in [4.78, 5) is 16.6. The standard InChI is InChI=1S/C16H15Cl3F3N3O2/c1-3-9(7-27-2)25-6-12(19)23-14(15(25)26)24-13-10(17)4-8(5-11(13)18)16(20,21)22/h4-6,9H,3,7H2,1-2H3,(H,23,24)/t9-/m1/s1. The molecule has 0 aliphatic rings.